The third kappa shape index (κ3) is 5.12. The third-order valence-electron chi connectivity index (χ3n) is 7.12. The summed E-state index contributed by atoms with van der Waals surface area (Å²) in [5.74, 6) is 5.96. The fourth-order valence-corrected chi connectivity index (χ4v) is 5.07. The molecule has 1 aromatic carbocycles. The largest absolute Gasteiger partial charge is 0.380 e. The van der Waals surface area contributed by atoms with Gasteiger partial charge in [-0.2, -0.15) is 0 Å². The van der Waals surface area contributed by atoms with Gasteiger partial charge in [-0.3, -0.25) is 4.98 Å². The van der Waals surface area contributed by atoms with Gasteiger partial charge in [0, 0.05) is 42.0 Å². The van der Waals surface area contributed by atoms with Gasteiger partial charge in [0.25, 0.3) is 6.43 Å². The number of rotatable bonds is 6. The van der Waals surface area contributed by atoms with Gasteiger partial charge in [-0.25, -0.2) is 18.7 Å². The van der Waals surface area contributed by atoms with E-state index in [1.54, 1.807) is 12.3 Å². The van der Waals surface area contributed by atoms with Crippen LogP contribution in [0.5, 0.6) is 0 Å². The summed E-state index contributed by atoms with van der Waals surface area (Å²) in [6, 6.07) is 10.8. The Morgan fingerprint density at radius 3 is 2.30 bits per heavy atom. The van der Waals surface area contributed by atoms with Crippen LogP contribution < -0.4 is 0 Å². The van der Waals surface area contributed by atoms with Crippen molar-refractivity contribution in [3.05, 3.63) is 88.8 Å². The SMILES string of the molecule is CC(C)c1ccc([C@](O)(c2cncc(C#CC(C)(O)c3cc(C(F)F)ncn3)c2)C2(C)CN(C)C2)cc1. The first kappa shape index (κ1) is 26.8. The molecule has 1 fully saturated rings. The summed E-state index contributed by atoms with van der Waals surface area (Å²) in [6.45, 7) is 9.08. The van der Waals surface area contributed by atoms with Crippen LogP contribution in [-0.4, -0.2) is 50.2 Å². The second-order valence-electron chi connectivity index (χ2n) is 10.6. The molecule has 0 saturated carbocycles. The number of halogens is 2. The molecule has 2 aromatic heterocycles. The number of pyridine rings is 1. The van der Waals surface area contributed by atoms with Crippen LogP contribution in [0.2, 0.25) is 0 Å². The highest BCUT2D eigenvalue weighted by Gasteiger charge is 2.55. The van der Waals surface area contributed by atoms with Gasteiger partial charge in [-0.05, 0) is 43.1 Å². The average Bonchev–Trinajstić information content (AvgIpc) is 2.86. The van der Waals surface area contributed by atoms with E-state index in [0.717, 1.165) is 18.0 Å². The second kappa shape index (κ2) is 9.90. The Morgan fingerprint density at radius 1 is 1.03 bits per heavy atom. The summed E-state index contributed by atoms with van der Waals surface area (Å²) >= 11 is 0. The molecule has 0 amide bonds. The van der Waals surface area contributed by atoms with Gasteiger partial charge in [0.15, 0.2) is 5.60 Å². The molecule has 4 rings (SSSR count). The highest BCUT2D eigenvalue weighted by atomic mass is 19.3. The van der Waals surface area contributed by atoms with E-state index in [2.05, 4.69) is 52.5 Å². The minimum Gasteiger partial charge on any atom is -0.380 e. The lowest BCUT2D eigenvalue weighted by Crippen LogP contribution is -2.63. The van der Waals surface area contributed by atoms with Crippen LogP contribution in [0.3, 0.4) is 0 Å². The fraction of sp³-hybridized carbons (Fsp3) is 0.414. The van der Waals surface area contributed by atoms with Crippen molar-refractivity contribution in [3.8, 4) is 11.8 Å². The van der Waals surface area contributed by atoms with Gasteiger partial charge in [0.1, 0.15) is 17.6 Å². The van der Waals surface area contributed by atoms with Crippen LogP contribution >= 0.6 is 0 Å². The minimum absolute atomic E-state index is 0.0267. The van der Waals surface area contributed by atoms with Crippen LogP contribution in [0.4, 0.5) is 8.78 Å². The van der Waals surface area contributed by atoms with E-state index in [1.807, 2.05) is 31.3 Å². The van der Waals surface area contributed by atoms with Gasteiger partial charge >= 0.3 is 0 Å². The molecule has 1 unspecified atom stereocenters. The molecule has 0 bridgehead atoms. The van der Waals surface area contributed by atoms with Crippen molar-refractivity contribution in [2.24, 2.45) is 5.41 Å². The summed E-state index contributed by atoms with van der Waals surface area (Å²) in [4.78, 5) is 13.9. The number of alkyl halides is 2. The maximum atomic E-state index is 13.1. The minimum atomic E-state index is -2.79. The predicted octanol–water partition coefficient (Wildman–Crippen LogP) is 4.38. The molecule has 1 aliphatic heterocycles. The van der Waals surface area contributed by atoms with Crippen molar-refractivity contribution in [2.45, 2.75) is 51.2 Å². The Bertz CT molecular complexity index is 1330. The maximum absolute atomic E-state index is 13.1. The predicted molar refractivity (Wildman–Crippen MR) is 137 cm³/mol. The number of benzene rings is 1. The molecule has 0 spiro atoms. The molecule has 1 aliphatic rings. The summed E-state index contributed by atoms with van der Waals surface area (Å²) in [5.41, 5.74) is -1.09. The van der Waals surface area contributed by atoms with Gasteiger partial charge in [0.2, 0.25) is 0 Å². The van der Waals surface area contributed by atoms with E-state index in [4.69, 9.17) is 0 Å². The van der Waals surface area contributed by atoms with Gasteiger partial charge in [-0.1, -0.05) is 56.9 Å². The molecule has 3 heterocycles. The molecule has 0 aliphatic carbocycles. The zero-order valence-corrected chi connectivity index (χ0v) is 21.7. The number of aromatic nitrogens is 3. The highest BCUT2D eigenvalue weighted by molar-refractivity contribution is 5.45. The molecule has 2 atom stereocenters. The number of likely N-dealkylation sites (tertiary alicyclic amines) is 1. The number of nitrogens with zero attached hydrogens (tertiary/aromatic N) is 4. The van der Waals surface area contributed by atoms with Crippen LogP contribution in [0.1, 0.15) is 73.7 Å². The number of hydrogen-bond acceptors (Lipinski definition) is 6. The molecule has 0 radical (unpaired) electrons. The molecular weight excluding hydrogens is 474 g/mol. The standard InChI is InChI=1S/C29H32F2N4O2/c1-19(2)21-6-8-22(9-7-21)29(37,27(3)16-35(5)17-27)23-12-20(14-32-15-23)10-11-28(4,36)25-13-24(26(30)31)33-18-34-25/h6-9,12-15,18-19,26,36-37H,16-17H2,1-5H3/t28?,29-/m0/s1. The van der Waals surface area contributed by atoms with Gasteiger partial charge in [-0.15, -0.1) is 0 Å². The average molecular weight is 507 g/mol. The van der Waals surface area contributed by atoms with Crippen molar-refractivity contribution in [1.29, 1.82) is 0 Å². The summed E-state index contributed by atoms with van der Waals surface area (Å²) in [6.07, 6.45) is 1.37. The molecule has 37 heavy (non-hydrogen) atoms. The third-order valence-corrected chi connectivity index (χ3v) is 7.12. The molecule has 1 saturated heterocycles. The Morgan fingerprint density at radius 2 is 1.70 bits per heavy atom. The zero-order chi connectivity index (χ0) is 27.0. The Kier molecular flexibility index (Phi) is 7.17. The molecule has 6 nitrogen and oxygen atoms in total. The number of hydrogen-bond donors (Lipinski definition) is 2. The molecule has 3 aromatic rings. The van der Waals surface area contributed by atoms with E-state index in [9.17, 15) is 19.0 Å². The monoisotopic (exact) mass is 506 g/mol. The Balaban J connectivity index is 1.73. The molecule has 2 N–H and O–H groups in total. The smallest absolute Gasteiger partial charge is 0.280 e. The summed E-state index contributed by atoms with van der Waals surface area (Å²) in [5, 5.41) is 23.2. The lowest BCUT2D eigenvalue weighted by Gasteiger charge is -2.55. The Hall–Kier alpha value is -3.25. The van der Waals surface area contributed by atoms with Crippen molar-refractivity contribution in [2.75, 3.05) is 20.1 Å². The topological polar surface area (TPSA) is 82.4 Å². The summed E-state index contributed by atoms with van der Waals surface area (Å²) in [7, 11) is 2.01. The zero-order valence-electron chi connectivity index (χ0n) is 21.7. The van der Waals surface area contributed by atoms with Crippen LogP contribution in [0.25, 0.3) is 0 Å². The van der Waals surface area contributed by atoms with Gasteiger partial charge < -0.3 is 15.1 Å². The van der Waals surface area contributed by atoms with Crippen LogP contribution in [0.15, 0.2) is 55.1 Å². The van der Waals surface area contributed by atoms with Crippen molar-refractivity contribution < 1.29 is 19.0 Å². The van der Waals surface area contributed by atoms with Crippen LogP contribution in [-0.2, 0) is 11.2 Å². The first-order valence-electron chi connectivity index (χ1n) is 12.2. The fourth-order valence-electron chi connectivity index (χ4n) is 5.07. The lowest BCUT2D eigenvalue weighted by atomic mass is 9.62. The van der Waals surface area contributed by atoms with E-state index in [1.165, 1.54) is 18.7 Å². The van der Waals surface area contributed by atoms with E-state index >= 15 is 0 Å². The van der Waals surface area contributed by atoms with Crippen LogP contribution in [0, 0.1) is 17.3 Å². The Labute approximate surface area is 216 Å². The van der Waals surface area contributed by atoms with Crippen molar-refractivity contribution in [3.63, 3.8) is 0 Å². The maximum Gasteiger partial charge on any atom is 0.280 e. The highest BCUT2D eigenvalue weighted by Crippen LogP contribution is 2.50. The molecule has 8 heteroatoms. The first-order chi connectivity index (χ1) is 17.4. The first-order valence-corrected chi connectivity index (χ1v) is 12.2. The molecular formula is C29H32F2N4O2. The summed E-state index contributed by atoms with van der Waals surface area (Å²) < 4.78 is 26.1. The molecule has 194 valence electrons. The van der Waals surface area contributed by atoms with Crippen molar-refractivity contribution >= 4 is 0 Å². The van der Waals surface area contributed by atoms with Crippen molar-refractivity contribution in [1.82, 2.24) is 19.9 Å². The number of aliphatic hydroxyl groups is 2. The quantitative estimate of drug-likeness (QED) is 0.483. The lowest BCUT2D eigenvalue weighted by molar-refractivity contribution is -0.127. The van der Waals surface area contributed by atoms with E-state index in [0.29, 0.717) is 30.1 Å². The normalized spacial score (nSPS) is 18.5. The van der Waals surface area contributed by atoms with E-state index < -0.39 is 28.7 Å². The van der Waals surface area contributed by atoms with Gasteiger partial charge in [0.05, 0.1) is 5.69 Å². The van der Waals surface area contributed by atoms with E-state index in [-0.39, 0.29) is 5.69 Å². The second-order valence-corrected chi connectivity index (χ2v) is 10.6.